The van der Waals surface area contributed by atoms with Gasteiger partial charge in [-0.25, -0.2) is 14.9 Å². The smallest absolute Gasteiger partial charge is 0.407 e. The molecule has 6 rings (SSSR count). The van der Waals surface area contributed by atoms with Gasteiger partial charge >= 0.3 is 6.09 Å². The molecular weight excluding hydrogens is 672 g/mol. The summed E-state index contributed by atoms with van der Waals surface area (Å²) in [6.45, 7) is 9.85. The number of pyridine rings is 1. The molecule has 3 heterocycles. The quantitative estimate of drug-likeness (QED) is 0.201. The first-order valence-corrected chi connectivity index (χ1v) is 18.4. The topological polar surface area (TPSA) is 176 Å². The van der Waals surface area contributed by atoms with Gasteiger partial charge in [-0.3, -0.25) is 14.5 Å². The van der Waals surface area contributed by atoms with Crippen LogP contribution in [-0.2, 0) is 20.7 Å². The van der Waals surface area contributed by atoms with Gasteiger partial charge in [-0.05, 0) is 117 Å². The van der Waals surface area contributed by atoms with Gasteiger partial charge in [0.25, 0.3) is 0 Å². The third-order valence-electron chi connectivity index (χ3n) is 10.0. The number of ether oxygens (including phenoxy) is 1. The fraction of sp³-hybridized carbons (Fsp3) is 0.462. The standard InChI is InChI=1S/C39H50N10O4/c1-39(2,3)53-38(52)42-24-26-8-10-29(11-9-26)37(51)49(32-15-12-28(13-16-32)36-43-45-46-44-36)33(35(40)50)23-27-6-5-7-30(22-27)31-14-17-34(41-25-31)48-20-18-47(4)19-21-48/h5-7,12-17,22,25-26,29,33H,8-11,18-21,23-24H2,1-4H3,(H2,40,50)(H,42,52)(H,43,44,45,46)/t26-,29-,33-/m0/s1. The number of nitrogens with two attached hydrogens (primary N) is 1. The number of H-pyrrole nitrogens is 1. The van der Waals surface area contributed by atoms with Crippen LogP contribution in [0.4, 0.5) is 16.3 Å². The van der Waals surface area contributed by atoms with E-state index in [1.165, 1.54) is 0 Å². The molecule has 2 aromatic heterocycles. The summed E-state index contributed by atoms with van der Waals surface area (Å²) in [4.78, 5) is 51.1. The van der Waals surface area contributed by atoms with Crippen LogP contribution in [0.3, 0.4) is 0 Å². The molecule has 2 aromatic carbocycles. The van der Waals surface area contributed by atoms with Gasteiger partial charge in [-0.1, -0.05) is 24.3 Å². The van der Waals surface area contributed by atoms with E-state index in [9.17, 15) is 14.4 Å². The fourth-order valence-electron chi connectivity index (χ4n) is 7.07. The monoisotopic (exact) mass is 722 g/mol. The normalized spacial score (nSPS) is 18.6. The lowest BCUT2D eigenvalue weighted by atomic mass is 9.81. The van der Waals surface area contributed by atoms with E-state index in [1.54, 1.807) is 17.0 Å². The zero-order valence-electron chi connectivity index (χ0n) is 31.0. The van der Waals surface area contributed by atoms with Gasteiger partial charge in [-0.2, -0.15) is 0 Å². The lowest BCUT2D eigenvalue weighted by molar-refractivity contribution is -0.127. The van der Waals surface area contributed by atoms with Crippen molar-refractivity contribution < 1.29 is 19.1 Å². The Morgan fingerprint density at radius 1 is 0.962 bits per heavy atom. The summed E-state index contributed by atoms with van der Waals surface area (Å²) in [5.74, 6) is 0.600. The number of hydrogen-bond acceptors (Lipinski definition) is 10. The van der Waals surface area contributed by atoms with E-state index < -0.39 is 23.6 Å². The van der Waals surface area contributed by atoms with Crippen molar-refractivity contribution in [3.05, 3.63) is 72.4 Å². The van der Waals surface area contributed by atoms with E-state index in [1.807, 2.05) is 63.4 Å². The van der Waals surface area contributed by atoms with Gasteiger partial charge < -0.3 is 25.6 Å². The van der Waals surface area contributed by atoms with Crippen molar-refractivity contribution in [2.24, 2.45) is 17.6 Å². The van der Waals surface area contributed by atoms with Gasteiger partial charge in [-0.15, -0.1) is 5.10 Å². The number of nitrogens with zero attached hydrogens (tertiary/aromatic N) is 7. The number of carbonyl (C=O) groups is 3. The molecule has 14 heteroatoms. The number of nitrogens with one attached hydrogen (secondary N) is 2. The van der Waals surface area contributed by atoms with E-state index >= 15 is 0 Å². The Hall–Kier alpha value is -5.37. The minimum Gasteiger partial charge on any atom is -0.444 e. The summed E-state index contributed by atoms with van der Waals surface area (Å²) in [6.07, 6.45) is 4.42. The maximum Gasteiger partial charge on any atom is 0.407 e. The molecule has 0 radical (unpaired) electrons. The van der Waals surface area contributed by atoms with Crippen molar-refractivity contribution >= 4 is 29.4 Å². The number of primary amides is 1. The Bertz CT molecular complexity index is 1830. The van der Waals surface area contributed by atoms with E-state index in [0.717, 1.165) is 67.1 Å². The molecule has 1 saturated carbocycles. The number of amides is 3. The number of benzene rings is 2. The van der Waals surface area contributed by atoms with Crippen LogP contribution in [0.5, 0.6) is 0 Å². The zero-order chi connectivity index (χ0) is 37.5. The lowest BCUT2D eigenvalue weighted by Gasteiger charge is -2.36. The van der Waals surface area contributed by atoms with E-state index in [2.05, 4.69) is 54.9 Å². The molecule has 53 heavy (non-hydrogen) atoms. The highest BCUT2D eigenvalue weighted by Gasteiger charge is 2.36. The molecule has 1 saturated heterocycles. The first-order valence-electron chi connectivity index (χ1n) is 18.4. The van der Waals surface area contributed by atoms with Crippen LogP contribution < -0.4 is 20.9 Å². The molecule has 14 nitrogen and oxygen atoms in total. The Morgan fingerprint density at radius 2 is 1.68 bits per heavy atom. The highest BCUT2D eigenvalue weighted by atomic mass is 16.6. The number of likely N-dealkylation sites (N-methyl/N-ethyl adjacent to an activating group) is 1. The summed E-state index contributed by atoms with van der Waals surface area (Å²) in [7, 11) is 2.13. The Labute approximate surface area is 310 Å². The highest BCUT2D eigenvalue weighted by Crippen LogP contribution is 2.33. The molecule has 3 amide bonds. The number of anilines is 2. The number of hydrogen-bond donors (Lipinski definition) is 3. The lowest BCUT2D eigenvalue weighted by Crippen LogP contribution is -2.52. The molecule has 0 unspecified atom stereocenters. The number of piperazine rings is 1. The van der Waals surface area contributed by atoms with Crippen LogP contribution in [0.25, 0.3) is 22.5 Å². The third-order valence-corrected chi connectivity index (χ3v) is 10.0. The minimum atomic E-state index is -0.945. The predicted molar refractivity (Wildman–Crippen MR) is 203 cm³/mol. The van der Waals surface area contributed by atoms with Gasteiger partial charge in [0, 0.05) is 68.1 Å². The van der Waals surface area contributed by atoms with Crippen LogP contribution >= 0.6 is 0 Å². The fourth-order valence-corrected chi connectivity index (χ4v) is 7.07. The first kappa shape index (κ1) is 37.4. The van der Waals surface area contributed by atoms with Crippen molar-refractivity contribution in [2.75, 3.05) is 49.6 Å². The van der Waals surface area contributed by atoms with E-state index in [-0.39, 0.29) is 24.2 Å². The molecule has 0 bridgehead atoms. The van der Waals surface area contributed by atoms with Gasteiger partial charge in [0.1, 0.15) is 17.5 Å². The molecule has 0 spiro atoms. The van der Waals surface area contributed by atoms with Gasteiger partial charge in [0.2, 0.25) is 11.8 Å². The molecule has 1 aliphatic heterocycles. The largest absolute Gasteiger partial charge is 0.444 e. The number of carbonyl (C=O) groups excluding carboxylic acids is 3. The molecule has 280 valence electrons. The van der Waals surface area contributed by atoms with Crippen LogP contribution in [0.2, 0.25) is 0 Å². The average Bonchev–Trinajstić information content (AvgIpc) is 3.69. The Balaban J connectivity index is 1.20. The van der Waals surface area contributed by atoms with Crippen molar-refractivity contribution in [1.29, 1.82) is 0 Å². The maximum absolute atomic E-state index is 14.5. The van der Waals surface area contributed by atoms with E-state index in [4.69, 9.17) is 15.5 Å². The number of rotatable bonds is 11. The second-order valence-electron chi connectivity index (χ2n) is 15.1. The van der Waals surface area contributed by atoms with Crippen molar-refractivity contribution in [3.8, 4) is 22.5 Å². The van der Waals surface area contributed by atoms with Crippen LogP contribution in [0.1, 0.15) is 52.0 Å². The average molecular weight is 723 g/mol. The summed E-state index contributed by atoms with van der Waals surface area (Å²) in [5, 5.41) is 16.9. The summed E-state index contributed by atoms with van der Waals surface area (Å²) < 4.78 is 5.39. The zero-order valence-corrected chi connectivity index (χ0v) is 31.0. The highest BCUT2D eigenvalue weighted by molar-refractivity contribution is 6.01. The van der Waals surface area contributed by atoms with Crippen LogP contribution in [0.15, 0.2) is 66.9 Å². The SMILES string of the molecule is CN1CCN(c2ccc(-c3cccc(C[C@@H](C(N)=O)N(c4ccc(-c5nnn[nH]5)cc4)C(=O)[C@H]4CC[C@H](CNC(=O)OC(C)(C)C)CC4)c3)cn2)CC1. The van der Waals surface area contributed by atoms with Crippen LogP contribution in [-0.4, -0.2) is 99.8 Å². The van der Waals surface area contributed by atoms with E-state index in [0.29, 0.717) is 30.9 Å². The summed E-state index contributed by atoms with van der Waals surface area (Å²) in [6, 6.07) is 18.4. The van der Waals surface area contributed by atoms with Gasteiger partial charge in [0.15, 0.2) is 5.82 Å². The number of alkyl carbamates (subject to hydrolysis) is 1. The third kappa shape index (κ3) is 9.74. The maximum atomic E-state index is 14.5. The number of aromatic nitrogens is 5. The number of tetrazole rings is 1. The Morgan fingerprint density at radius 3 is 2.30 bits per heavy atom. The van der Waals surface area contributed by atoms with Crippen LogP contribution in [0, 0.1) is 11.8 Å². The molecule has 2 fully saturated rings. The molecule has 4 N–H and O–H groups in total. The molecular formula is C39H50N10O4. The Kier molecular flexibility index (Phi) is 11.7. The second-order valence-corrected chi connectivity index (χ2v) is 15.1. The first-order chi connectivity index (χ1) is 25.4. The molecule has 1 atom stereocenters. The summed E-state index contributed by atoms with van der Waals surface area (Å²) >= 11 is 0. The second kappa shape index (κ2) is 16.5. The molecule has 4 aromatic rings. The molecule has 2 aliphatic rings. The number of aromatic amines is 1. The molecule has 1 aliphatic carbocycles. The van der Waals surface area contributed by atoms with Crippen molar-refractivity contribution in [2.45, 2.75) is 64.5 Å². The minimum absolute atomic E-state index is 0.152. The van der Waals surface area contributed by atoms with Crippen molar-refractivity contribution in [3.63, 3.8) is 0 Å². The van der Waals surface area contributed by atoms with Gasteiger partial charge in [0.05, 0.1) is 0 Å². The predicted octanol–water partition coefficient (Wildman–Crippen LogP) is 4.44. The van der Waals surface area contributed by atoms with Crippen molar-refractivity contribution in [1.82, 2.24) is 35.8 Å². The summed E-state index contributed by atoms with van der Waals surface area (Å²) in [5.41, 5.74) is 9.65.